The van der Waals surface area contributed by atoms with Gasteiger partial charge in [0.15, 0.2) is 0 Å². The number of nitrogens with zero attached hydrogens (tertiary/aromatic N) is 1. The summed E-state index contributed by atoms with van der Waals surface area (Å²) in [6.45, 7) is 0. The molecule has 1 aliphatic carbocycles. The summed E-state index contributed by atoms with van der Waals surface area (Å²) in [5.74, 6) is -0.595. The Balaban J connectivity index is 2.10. The molecule has 0 atom stereocenters. The van der Waals surface area contributed by atoms with Crippen molar-refractivity contribution in [2.24, 2.45) is 0 Å². The van der Waals surface area contributed by atoms with Gasteiger partial charge in [-0.25, -0.2) is 4.79 Å². The molecule has 1 aromatic heterocycles. The summed E-state index contributed by atoms with van der Waals surface area (Å²) in [6.07, 6.45) is 3.24. The van der Waals surface area contributed by atoms with Crippen LogP contribution in [0.3, 0.4) is 0 Å². The van der Waals surface area contributed by atoms with E-state index in [-0.39, 0.29) is 5.76 Å². The number of carbonyl (C=O) groups is 1. The lowest BCUT2D eigenvalue weighted by molar-refractivity contribution is 0.0652. The molecule has 0 amide bonds. The van der Waals surface area contributed by atoms with Crippen LogP contribution in [0.15, 0.2) is 22.7 Å². The highest BCUT2D eigenvalue weighted by atomic mass is 16.5. The molecule has 0 saturated carbocycles. The van der Waals surface area contributed by atoms with E-state index in [0.29, 0.717) is 11.4 Å². The molecule has 0 spiro atoms. The van der Waals surface area contributed by atoms with E-state index < -0.39 is 5.97 Å². The van der Waals surface area contributed by atoms with Gasteiger partial charge in [0, 0.05) is 11.6 Å². The lowest BCUT2D eigenvalue weighted by Crippen LogP contribution is -1.93. The molecule has 1 aromatic carbocycles. The fraction of sp³-hybridized carbons (Fsp3) is 0.286. The second kappa shape index (κ2) is 4.42. The van der Waals surface area contributed by atoms with E-state index in [0.717, 1.165) is 24.8 Å². The Labute approximate surface area is 109 Å². The topological polar surface area (TPSA) is 72.6 Å². The van der Waals surface area contributed by atoms with Gasteiger partial charge in [0.05, 0.1) is 7.11 Å². The fourth-order valence-electron chi connectivity index (χ4n) is 2.47. The smallest absolute Gasteiger partial charge is 0.374 e. The van der Waals surface area contributed by atoms with Gasteiger partial charge in [0.2, 0.25) is 5.76 Å². The number of aromatic carboxylic acids is 1. The van der Waals surface area contributed by atoms with Crippen molar-refractivity contribution in [2.45, 2.75) is 19.3 Å². The number of rotatable bonds is 3. The second-order valence-electron chi connectivity index (χ2n) is 4.56. The summed E-state index contributed by atoms with van der Waals surface area (Å²) < 4.78 is 10.2. The predicted molar refractivity (Wildman–Crippen MR) is 67.5 cm³/mol. The first kappa shape index (κ1) is 11.8. The third kappa shape index (κ3) is 1.97. The number of ether oxygens (including phenoxy) is 1. The highest BCUT2D eigenvalue weighted by molar-refractivity contribution is 5.86. The zero-order valence-electron chi connectivity index (χ0n) is 10.5. The first-order valence-electron chi connectivity index (χ1n) is 6.09. The van der Waals surface area contributed by atoms with Gasteiger partial charge in [-0.05, 0) is 42.5 Å². The molecule has 1 heterocycles. The van der Waals surface area contributed by atoms with E-state index in [1.165, 1.54) is 17.2 Å². The molecule has 0 aliphatic heterocycles. The standard InChI is InChI=1S/C14H13NO4/c1-18-12-6-9-4-2-3-8(9)5-10(12)11-7-13(14(16)17)19-15-11/h5-7H,2-4H2,1H3,(H,16,17). The highest BCUT2D eigenvalue weighted by Crippen LogP contribution is 2.35. The van der Waals surface area contributed by atoms with Crippen LogP contribution in [-0.2, 0) is 12.8 Å². The molecular weight excluding hydrogens is 246 g/mol. The monoisotopic (exact) mass is 259 g/mol. The van der Waals surface area contributed by atoms with Crippen LogP contribution in [0, 0.1) is 0 Å². The van der Waals surface area contributed by atoms with Crippen molar-refractivity contribution in [1.29, 1.82) is 0 Å². The molecule has 1 N–H and O–H groups in total. The van der Waals surface area contributed by atoms with Crippen LogP contribution >= 0.6 is 0 Å². The Morgan fingerprint density at radius 3 is 2.68 bits per heavy atom. The third-order valence-electron chi connectivity index (χ3n) is 3.41. The van der Waals surface area contributed by atoms with E-state index in [1.54, 1.807) is 7.11 Å². The molecule has 0 fully saturated rings. The summed E-state index contributed by atoms with van der Waals surface area (Å²) in [7, 11) is 1.60. The normalized spacial score (nSPS) is 13.3. The third-order valence-corrected chi connectivity index (χ3v) is 3.41. The molecule has 5 heteroatoms. The van der Waals surface area contributed by atoms with Crippen LogP contribution in [0.25, 0.3) is 11.3 Å². The molecule has 0 saturated heterocycles. The van der Waals surface area contributed by atoms with Gasteiger partial charge in [0.25, 0.3) is 0 Å². The number of carboxylic acids is 1. The average Bonchev–Trinajstić information content (AvgIpc) is 3.05. The van der Waals surface area contributed by atoms with E-state index in [4.69, 9.17) is 14.4 Å². The number of benzene rings is 1. The van der Waals surface area contributed by atoms with E-state index >= 15 is 0 Å². The predicted octanol–water partition coefficient (Wildman–Crippen LogP) is 2.54. The molecule has 2 aromatic rings. The molecule has 3 rings (SSSR count). The van der Waals surface area contributed by atoms with Gasteiger partial charge in [-0.15, -0.1) is 0 Å². The molecule has 0 bridgehead atoms. The zero-order chi connectivity index (χ0) is 13.4. The maximum atomic E-state index is 10.8. The fourth-order valence-corrected chi connectivity index (χ4v) is 2.47. The summed E-state index contributed by atoms with van der Waals surface area (Å²) in [6, 6.07) is 5.44. The Morgan fingerprint density at radius 2 is 2.05 bits per heavy atom. The van der Waals surface area contributed by atoms with Crippen LogP contribution in [0.2, 0.25) is 0 Å². The summed E-state index contributed by atoms with van der Waals surface area (Å²) >= 11 is 0. The lowest BCUT2D eigenvalue weighted by atomic mass is 10.0. The summed E-state index contributed by atoms with van der Waals surface area (Å²) in [5.41, 5.74) is 3.83. The molecule has 5 nitrogen and oxygen atoms in total. The van der Waals surface area contributed by atoms with Crippen molar-refractivity contribution >= 4 is 5.97 Å². The Hall–Kier alpha value is -2.30. The minimum absolute atomic E-state index is 0.169. The van der Waals surface area contributed by atoms with Gasteiger partial charge in [0.1, 0.15) is 11.4 Å². The van der Waals surface area contributed by atoms with E-state index in [9.17, 15) is 4.79 Å². The number of aromatic nitrogens is 1. The van der Waals surface area contributed by atoms with Crippen LogP contribution < -0.4 is 4.74 Å². The van der Waals surface area contributed by atoms with Gasteiger partial charge < -0.3 is 14.4 Å². The average molecular weight is 259 g/mol. The van der Waals surface area contributed by atoms with E-state index in [1.807, 2.05) is 12.1 Å². The van der Waals surface area contributed by atoms with Gasteiger partial charge in [-0.3, -0.25) is 0 Å². The number of carboxylic acid groups (broad SMARTS) is 1. The largest absolute Gasteiger partial charge is 0.496 e. The SMILES string of the molecule is COc1cc2c(cc1-c1cc(C(=O)O)on1)CCC2. The van der Waals surface area contributed by atoms with Gasteiger partial charge in [-0.1, -0.05) is 5.16 Å². The number of hydrogen-bond acceptors (Lipinski definition) is 4. The molecule has 98 valence electrons. The van der Waals surface area contributed by atoms with Crippen molar-refractivity contribution < 1.29 is 19.2 Å². The number of aryl methyl sites for hydroxylation is 2. The number of hydrogen-bond donors (Lipinski definition) is 1. The summed E-state index contributed by atoms with van der Waals surface area (Å²) in [4.78, 5) is 10.8. The Kier molecular flexibility index (Phi) is 2.74. The van der Waals surface area contributed by atoms with Crippen LogP contribution in [0.1, 0.15) is 28.1 Å². The van der Waals surface area contributed by atoms with Gasteiger partial charge >= 0.3 is 5.97 Å². The molecule has 19 heavy (non-hydrogen) atoms. The quantitative estimate of drug-likeness (QED) is 0.916. The molecule has 0 radical (unpaired) electrons. The Bertz CT molecular complexity index is 645. The number of methoxy groups -OCH3 is 1. The first-order chi connectivity index (χ1) is 9.19. The van der Waals surface area contributed by atoms with Gasteiger partial charge in [-0.2, -0.15) is 0 Å². The lowest BCUT2D eigenvalue weighted by Gasteiger charge is -2.09. The van der Waals surface area contributed by atoms with Crippen molar-refractivity contribution in [3.8, 4) is 17.0 Å². The molecule has 1 aliphatic rings. The molecule has 0 unspecified atom stereocenters. The number of fused-ring (bicyclic) bond motifs is 1. The highest BCUT2D eigenvalue weighted by Gasteiger charge is 2.19. The van der Waals surface area contributed by atoms with Crippen LogP contribution in [0.5, 0.6) is 5.75 Å². The summed E-state index contributed by atoms with van der Waals surface area (Å²) in [5, 5.41) is 12.7. The maximum absolute atomic E-state index is 10.8. The van der Waals surface area contributed by atoms with Crippen molar-refractivity contribution in [2.75, 3.05) is 7.11 Å². The zero-order valence-corrected chi connectivity index (χ0v) is 10.5. The van der Waals surface area contributed by atoms with E-state index in [2.05, 4.69) is 5.16 Å². The minimum Gasteiger partial charge on any atom is -0.496 e. The van der Waals surface area contributed by atoms with Crippen LogP contribution in [-0.4, -0.2) is 23.3 Å². The maximum Gasteiger partial charge on any atom is 0.374 e. The minimum atomic E-state index is -1.13. The van der Waals surface area contributed by atoms with Crippen molar-refractivity contribution in [3.63, 3.8) is 0 Å². The Morgan fingerprint density at radius 1 is 1.32 bits per heavy atom. The van der Waals surface area contributed by atoms with Crippen molar-refractivity contribution in [3.05, 3.63) is 35.1 Å². The van der Waals surface area contributed by atoms with Crippen LogP contribution in [0.4, 0.5) is 0 Å². The molecular formula is C14H13NO4. The second-order valence-corrected chi connectivity index (χ2v) is 4.56. The first-order valence-corrected chi connectivity index (χ1v) is 6.09. The van der Waals surface area contributed by atoms with Crippen molar-refractivity contribution in [1.82, 2.24) is 5.16 Å².